The molecule has 0 saturated carbocycles. The summed E-state index contributed by atoms with van der Waals surface area (Å²) in [7, 11) is 4.11. The normalized spacial score (nSPS) is 10.4. The van der Waals surface area contributed by atoms with E-state index in [0.717, 1.165) is 11.3 Å². The lowest BCUT2D eigenvalue weighted by Gasteiger charge is -2.13. The van der Waals surface area contributed by atoms with Gasteiger partial charge in [0.15, 0.2) is 0 Å². The van der Waals surface area contributed by atoms with Gasteiger partial charge in [0.2, 0.25) is 0 Å². The van der Waals surface area contributed by atoms with E-state index in [9.17, 15) is 0 Å². The van der Waals surface area contributed by atoms with Crippen molar-refractivity contribution >= 4 is 18.3 Å². The SMILES string of the molecule is CN(C)c1cccc(Cc2c[nH]cc2S)c1. The highest BCUT2D eigenvalue weighted by Gasteiger charge is 2.03. The van der Waals surface area contributed by atoms with Gasteiger partial charge in [0, 0.05) is 43.5 Å². The van der Waals surface area contributed by atoms with Gasteiger partial charge in [0.25, 0.3) is 0 Å². The van der Waals surface area contributed by atoms with Crippen LogP contribution in [0.4, 0.5) is 5.69 Å². The predicted molar refractivity (Wildman–Crippen MR) is 71.6 cm³/mol. The molecule has 0 radical (unpaired) electrons. The molecule has 16 heavy (non-hydrogen) atoms. The molecule has 0 unspecified atom stereocenters. The molecule has 0 fully saturated rings. The zero-order valence-electron chi connectivity index (χ0n) is 9.57. The van der Waals surface area contributed by atoms with Crippen molar-refractivity contribution in [2.45, 2.75) is 11.3 Å². The van der Waals surface area contributed by atoms with E-state index in [1.54, 1.807) is 0 Å². The monoisotopic (exact) mass is 232 g/mol. The van der Waals surface area contributed by atoms with Gasteiger partial charge >= 0.3 is 0 Å². The number of hydrogen-bond acceptors (Lipinski definition) is 2. The lowest BCUT2D eigenvalue weighted by molar-refractivity contribution is 1.10. The van der Waals surface area contributed by atoms with Crippen LogP contribution in [0, 0.1) is 0 Å². The van der Waals surface area contributed by atoms with E-state index < -0.39 is 0 Å². The lowest BCUT2D eigenvalue weighted by Crippen LogP contribution is -2.08. The summed E-state index contributed by atoms with van der Waals surface area (Å²) in [5.41, 5.74) is 3.77. The van der Waals surface area contributed by atoms with Crippen LogP contribution < -0.4 is 4.90 Å². The van der Waals surface area contributed by atoms with E-state index in [0.29, 0.717) is 0 Å². The number of aromatic amines is 1. The predicted octanol–water partition coefficient (Wildman–Crippen LogP) is 2.96. The van der Waals surface area contributed by atoms with Crippen LogP contribution >= 0.6 is 12.6 Å². The highest BCUT2D eigenvalue weighted by molar-refractivity contribution is 7.80. The number of benzene rings is 1. The maximum absolute atomic E-state index is 4.40. The summed E-state index contributed by atoms with van der Waals surface area (Å²) < 4.78 is 0. The molecule has 2 aromatic rings. The van der Waals surface area contributed by atoms with Crippen molar-refractivity contribution < 1.29 is 0 Å². The number of nitrogens with zero attached hydrogens (tertiary/aromatic N) is 1. The minimum Gasteiger partial charge on any atom is -0.378 e. The minimum atomic E-state index is 0.921. The fourth-order valence-corrected chi connectivity index (χ4v) is 1.91. The van der Waals surface area contributed by atoms with Crippen molar-refractivity contribution in [1.29, 1.82) is 0 Å². The first kappa shape index (κ1) is 11.1. The largest absolute Gasteiger partial charge is 0.378 e. The second kappa shape index (κ2) is 4.66. The van der Waals surface area contributed by atoms with E-state index in [2.05, 4.69) is 60.9 Å². The van der Waals surface area contributed by atoms with Crippen LogP contribution in [-0.4, -0.2) is 19.1 Å². The van der Waals surface area contributed by atoms with Gasteiger partial charge in [-0.15, -0.1) is 12.6 Å². The summed E-state index contributed by atoms with van der Waals surface area (Å²) in [6.45, 7) is 0. The van der Waals surface area contributed by atoms with Gasteiger partial charge in [0.05, 0.1) is 0 Å². The maximum Gasteiger partial charge on any atom is 0.0363 e. The first-order chi connectivity index (χ1) is 7.66. The van der Waals surface area contributed by atoms with Gasteiger partial charge in [-0.3, -0.25) is 0 Å². The molecule has 2 nitrogen and oxygen atoms in total. The topological polar surface area (TPSA) is 19.0 Å². The highest BCUT2D eigenvalue weighted by Crippen LogP contribution is 2.20. The lowest BCUT2D eigenvalue weighted by atomic mass is 10.1. The Hall–Kier alpha value is -1.35. The van der Waals surface area contributed by atoms with Crippen molar-refractivity contribution in [2.24, 2.45) is 0 Å². The molecule has 2 rings (SSSR count). The van der Waals surface area contributed by atoms with Crippen LogP contribution in [0.25, 0.3) is 0 Å². The summed E-state index contributed by atoms with van der Waals surface area (Å²) >= 11 is 4.40. The fourth-order valence-electron chi connectivity index (χ4n) is 1.69. The fraction of sp³-hybridized carbons (Fsp3) is 0.231. The highest BCUT2D eigenvalue weighted by atomic mass is 32.1. The zero-order chi connectivity index (χ0) is 11.5. The number of aromatic nitrogens is 1. The van der Waals surface area contributed by atoms with Crippen molar-refractivity contribution in [2.75, 3.05) is 19.0 Å². The Labute approximate surface area is 102 Å². The average Bonchev–Trinajstić information content (AvgIpc) is 2.65. The van der Waals surface area contributed by atoms with Gasteiger partial charge < -0.3 is 9.88 Å². The van der Waals surface area contributed by atoms with Crippen molar-refractivity contribution in [3.8, 4) is 0 Å². The third-order valence-corrected chi connectivity index (χ3v) is 3.04. The van der Waals surface area contributed by atoms with E-state index in [4.69, 9.17) is 0 Å². The molecule has 0 aliphatic rings. The smallest absolute Gasteiger partial charge is 0.0363 e. The second-order valence-corrected chi connectivity index (χ2v) is 4.59. The molecular formula is C13H16N2S. The van der Waals surface area contributed by atoms with E-state index in [1.807, 2.05) is 12.4 Å². The molecule has 0 aliphatic heterocycles. The standard InChI is InChI=1S/C13H16N2S/c1-15(2)12-5-3-4-10(7-12)6-11-8-14-9-13(11)16/h3-5,7-9,14,16H,6H2,1-2H3. The number of H-pyrrole nitrogens is 1. The van der Waals surface area contributed by atoms with Crippen molar-refractivity contribution in [3.63, 3.8) is 0 Å². The molecule has 0 aliphatic carbocycles. The molecular weight excluding hydrogens is 216 g/mol. The van der Waals surface area contributed by atoms with Crippen molar-refractivity contribution in [3.05, 3.63) is 47.8 Å². The van der Waals surface area contributed by atoms with E-state index in [-0.39, 0.29) is 0 Å². The first-order valence-corrected chi connectivity index (χ1v) is 5.72. The number of hydrogen-bond donors (Lipinski definition) is 2. The Morgan fingerprint density at radius 1 is 1.25 bits per heavy atom. The molecule has 1 N–H and O–H groups in total. The summed E-state index contributed by atoms with van der Waals surface area (Å²) in [5, 5.41) is 0. The van der Waals surface area contributed by atoms with Crippen molar-refractivity contribution in [1.82, 2.24) is 4.98 Å². The van der Waals surface area contributed by atoms with E-state index >= 15 is 0 Å². The van der Waals surface area contributed by atoms with Crippen LogP contribution in [-0.2, 0) is 6.42 Å². The first-order valence-electron chi connectivity index (χ1n) is 5.27. The third-order valence-electron chi connectivity index (χ3n) is 2.63. The number of thiol groups is 1. The van der Waals surface area contributed by atoms with E-state index in [1.165, 1.54) is 16.8 Å². The Morgan fingerprint density at radius 3 is 2.69 bits per heavy atom. The van der Waals surface area contributed by atoms with Crippen LogP contribution in [0.2, 0.25) is 0 Å². The summed E-state index contributed by atoms with van der Waals surface area (Å²) in [5.74, 6) is 0. The summed E-state index contributed by atoms with van der Waals surface area (Å²) in [6.07, 6.45) is 4.84. The quantitative estimate of drug-likeness (QED) is 0.779. The van der Waals surface area contributed by atoms with Crippen LogP contribution in [0.1, 0.15) is 11.1 Å². The Bertz CT molecular complexity index is 474. The molecule has 1 heterocycles. The minimum absolute atomic E-state index is 0.921. The Morgan fingerprint density at radius 2 is 2.06 bits per heavy atom. The maximum atomic E-state index is 4.40. The summed E-state index contributed by atoms with van der Waals surface area (Å²) in [4.78, 5) is 6.21. The van der Waals surface area contributed by atoms with Gasteiger partial charge in [0.1, 0.15) is 0 Å². The number of nitrogens with one attached hydrogen (secondary N) is 1. The molecule has 84 valence electrons. The summed E-state index contributed by atoms with van der Waals surface area (Å²) in [6, 6.07) is 8.56. The number of anilines is 1. The number of rotatable bonds is 3. The Kier molecular flexibility index (Phi) is 3.25. The molecule has 0 saturated heterocycles. The molecule has 3 heteroatoms. The van der Waals surface area contributed by atoms with Crippen LogP contribution in [0.5, 0.6) is 0 Å². The average molecular weight is 232 g/mol. The van der Waals surface area contributed by atoms with Gasteiger partial charge in [-0.1, -0.05) is 12.1 Å². The van der Waals surface area contributed by atoms with Gasteiger partial charge in [-0.2, -0.15) is 0 Å². The molecule has 0 bridgehead atoms. The zero-order valence-corrected chi connectivity index (χ0v) is 10.5. The van der Waals surface area contributed by atoms with Crippen LogP contribution in [0.3, 0.4) is 0 Å². The Balaban J connectivity index is 2.22. The molecule has 0 atom stereocenters. The third kappa shape index (κ3) is 2.42. The molecule has 0 amide bonds. The molecule has 1 aromatic carbocycles. The van der Waals surface area contributed by atoms with Gasteiger partial charge in [-0.25, -0.2) is 0 Å². The molecule has 0 spiro atoms. The van der Waals surface area contributed by atoms with Gasteiger partial charge in [-0.05, 0) is 23.3 Å². The molecule has 1 aromatic heterocycles. The second-order valence-electron chi connectivity index (χ2n) is 4.11. The van der Waals surface area contributed by atoms with Crippen LogP contribution in [0.15, 0.2) is 41.6 Å².